The molecule has 1 saturated heterocycles. The SMILES string of the molecule is OCCC1CN(c2ncnc3c2CCNCC3)CCO1. The van der Waals surface area contributed by atoms with Crippen molar-refractivity contribution in [3.63, 3.8) is 0 Å². The van der Waals surface area contributed by atoms with Gasteiger partial charge in [-0.3, -0.25) is 0 Å². The van der Waals surface area contributed by atoms with Crippen LogP contribution in [0.2, 0.25) is 0 Å². The summed E-state index contributed by atoms with van der Waals surface area (Å²) in [5, 5.41) is 12.5. The summed E-state index contributed by atoms with van der Waals surface area (Å²) in [7, 11) is 0. The van der Waals surface area contributed by atoms with E-state index in [0.717, 1.165) is 44.8 Å². The lowest BCUT2D eigenvalue weighted by molar-refractivity contribution is 0.0244. The molecule has 2 N–H and O–H groups in total. The Labute approximate surface area is 119 Å². The molecule has 6 nitrogen and oxygen atoms in total. The van der Waals surface area contributed by atoms with E-state index in [1.165, 1.54) is 11.3 Å². The van der Waals surface area contributed by atoms with E-state index in [-0.39, 0.29) is 12.7 Å². The van der Waals surface area contributed by atoms with E-state index in [2.05, 4.69) is 20.2 Å². The van der Waals surface area contributed by atoms with E-state index in [1.807, 2.05) is 0 Å². The van der Waals surface area contributed by atoms with Crippen molar-refractivity contribution in [2.24, 2.45) is 0 Å². The van der Waals surface area contributed by atoms with Crippen LogP contribution in [-0.4, -0.2) is 60.6 Å². The van der Waals surface area contributed by atoms with Gasteiger partial charge in [0.05, 0.1) is 18.4 Å². The molecule has 0 amide bonds. The maximum absolute atomic E-state index is 9.07. The quantitative estimate of drug-likeness (QED) is 0.795. The number of nitrogens with zero attached hydrogens (tertiary/aromatic N) is 3. The zero-order chi connectivity index (χ0) is 13.8. The van der Waals surface area contributed by atoms with E-state index in [1.54, 1.807) is 6.33 Å². The molecular formula is C14H22N4O2. The zero-order valence-corrected chi connectivity index (χ0v) is 11.7. The number of morpholine rings is 1. The summed E-state index contributed by atoms with van der Waals surface area (Å²) < 4.78 is 5.68. The Balaban J connectivity index is 1.82. The Hall–Kier alpha value is -1.24. The first-order chi connectivity index (χ1) is 9.88. The van der Waals surface area contributed by atoms with Gasteiger partial charge < -0.3 is 20.1 Å². The number of anilines is 1. The van der Waals surface area contributed by atoms with Crippen LogP contribution in [0.1, 0.15) is 17.7 Å². The first-order valence-electron chi connectivity index (χ1n) is 7.39. The van der Waals surface area contributed by atoms with E-state index in [4.69, 9.17) is 9.84 Å². The lowest BCUT2D eigenvalue weighted by Crippen LogP contribution is -2.43. The molecule has 110 valence electrons. The molecule has 3 rings (SSSR count). The maximum Gasteiger partial charge on any atom is 0.135 e. The molecule has 0 spiro atoms. The highest BCUT2D eigenvalue weighted by molar-refractivity contribution is 5.49. The number of rotatable bonds is 3. The van der Waals surface area contributed by atoms with Crippen LogP contribution in [-0.2, 0) is 17.6 Å². The molecule has 0 radical (unpaired) electrons. The molecule has 1 unspecified atom stereocenters. The van der Waals surface area contributed by atoms with Crippen molar-refractivity contribution in [1.29, 1.82) is 0 Å². The molecule has 1 atom stereocenters. The van der Waals surface area contributed by atoms with Crippen LogP contribution >= 0.6 is 0 Å². The number of aliphatic hydroxyl groups is 1. The average molecular weight is 278 g/mol. The van der Waals surface area contributed by atoms with Crippen molar-refractivity contribution in [3.8, 4) is 0 Å². The summed E-state index contributed by atoms with van der Waals surface area (Å²) in [5.74, 6) is 1.06. The highest BCUT2D eigenvalue weighted by atomic mass is 16.5. The van der Waals surface area contributed by atoms with Gasteiger partial charge in [0, 0.05) is 38.2 Å². The minimum atomic E-state index is 0.100. The Morgan fingerprint density at radius 2 is 2.25 bits per heavy atom. The van der Waals surface area contributed by atoms with Gasteiger partial charge in [-0.05, 0) is 19.4 Å². The molecule has 1 fully saturated rings. The largest absolute Gasteiger partial charge is 0.396 e. The van der Waals surface area contributed by atoms with Gasteiger partial charge in [-0.2, -0.15) is 0 Å². The van der Waals surface area contributed by atoms with Gasteiger partial charge in [0.25, 0.3) is 0 Å². The predicted octanol–water partition coefficient (Wildman–Crippen LogP) is -0.248. The minimum absolute atomic E-state index is 0.100. The molecule has 0 aliphatic carbocycles. The van der Waals surface area contributed by atoms with Gasteiger partial charge in [0.1, 0.15) is 12.1 Å². The summed E-state index contributed by atoms with van der Waals surface area (Å²) in [4.78, 5) is 11.2. The Kier molecular flexibility index (Phi) is 4.44. The molecule has 0 saturated carbocycles. The van der Waals surface area contributed by atoms with Crippen molar-refractivity contribution in [2.75, 3.05) is 44.3 Å². The second kappa shape index (κ2) is 6.47. The summed E-state index contributed by atoms with van der Waals surface area (Å²) >= 11 is 0. The van der Waals surface area contributed by atoms with E-state index in [0.29, 0.717) is 13.0 Å². The summed E-state index contributed by atoms with van der Waals surface area (Å²) in [6.07, 6.45) is 4.41. The van der Waals surface area contributed by atoms with Gasteiger partial charge in [0.15, 0.2) is 0 Å². The summed E-state index contributed by atoms with van der Waals surface area (Å²) in [5.41, 5.74) is 2.45. The van der Waals surface area contributed by atoms with E-state index < -0.39 is 0 Å². The van der Waals surface area contributed by atoms with Gasteiger partial charge in [0.2, 0.25) is 0 Å². The Morgan fingerprint density at radius 1 is 1.35 bits per heavy atom. The molecule has 2 aliphatic heterocycles. The van der Waals surface area contributed by atoms with Crippen molar-refractivity contribution >= 4 is 5.82 Å². The second-order valence-electron chi connectivity index (χ2n) is 5.32. The van der Waals surface area contributed by atoms with Crippen LogP contribution in [0.25, 0.3) is 0 Å². The molecule has 20 heavy (non-hydrogen) atoms. The standard InChI is InChI=1S/C14H22N4O2/c19-7-3-11-9-18(6-8-20-11)14-12-1-4-15-5-2-13(12)16-10-17-14/h10-11,15,19H,1-9H2. The smallest absolute Gasteiger partial charge is 0.135 e. The molecule has 0 aromatic carbocycles. The van der Waals surface area contributed by atoms with E-state index >= 15 is 0 Å². The van der Waals surface area contributed by atoms with Gasteiger partial charge >= 0.3 is 0 Å². The number of ether oxygens (including phenoxy) is 1. The van der Waals surface area contributed by atoms with Crippen molar-refractivity contribution in [2.45, 2.75) is 25.4 Å². The maximum atomic E-state index is 9.07. The first-order valence-corrected chi connectivity index (χ1v) is 7.39. The number of hydrogen-bond donors (Lipinski definition) is 2. The lowest BCUT2D eigenvalue weighted by Gasteiger charge is -2.34. The normalized spacial score (nSPS) is 23.2. The third-order valence-electron chi connectivity index (χ3n) is 3.99. The number of aliphatic hydroxyl groups excluding tert-OH is 1. The Bertz CT molecular complexity index is 453. The van der Waals surface area contributed by atoms with Crippen molar-refractivity contribution in [3.05, 3.63) is 17.6 Å². The summed E-state index contributed by atoms with van der Waals surface area (Å²) in [6.45, 7) is 4.50. The average Bonchev–Trinajstić information content (AvgIpc) is 2.73. The monoisotopic (exact) mass is 278 g/mol. The summed E-state index contributed by atoms with van der Waals surface area (Å²) in [6, 6.07) is 0. The van der Waals surface area contributed by atoms with Crippen molar-refractivity contribution in [1.82, 2.24) is 15.3 Å². The minimum Gasteiger partial charge on any atom is -0.396 e. The fraction of sp³-hybridized carbons (Fsp3) is 0.714. The number of fused-ring (bicyclic) bond motifs is 1. The third kappa shape index (κ3) is 2.92. The van der Waals surface area contributed by atoms with Crippen LogP contribution < -0.4 is 10.2 Å². The van der Waals surface area contributed by atoms with Gasteiger partial charge in [-0.25, -0.2) is 9.97 Å². The number of hydrogen-bond acceptors (Lipinski definition) is 6. The molecule has 3 heterocycles. The number of nitrogens with one attached hydrogen (secondary N) is 1. The molecule has 2 aliphatic rings. The topological polar surface area (TPSA) is 70.5 Å². The molecule has 6 heteroatoms. The molecular weight excluding hydrogens is 256 g/mol. The zero-order valence-electron chi connectivity index (χ0n) is 11.7. The fourth-order valence-electron chi connectivity index (χ4n) is 2.96. The van der Waals surface area contributed by atoms with E-state index in [9.17, 15) is 0 Å². The van der Waals surface area contributed by atoms with Crippen LogP contribution in [0.5, 0.6) is 0 Å². The fourth-order valence-corrected chi connectivity index (χ4v) is 2.96. The van der Waals surface area contributed by atoms with Crippen molar-refractivity contribution < 1.29 is 9.84 Å². The van der Waals surface area contributed by atoms with Gasteiger partial charge in [-0.1, -0.05) is 0 Å². The highest BCUT2D eigenvalue weighted by Crippen LogP contribution is 2.24. The second-order valence-corrected chi connectivity index (χ2v) is 5.32. The highest BCUT2D eigenvalue weighted by Gasteiger charge is 2.24. The third-order valence-corrected chi connectivity index (χ3v) is 3.99. The lowest BCUT2D eigenvalue weighted by atomic mass is 10.1. The Morgan fingerprint density at radius 3 is 3.15 bits per heavy atom. The molecule has 1 aromatic rings. The van der Waals surface area contributed by atoms with Gasteiger partial charge in [-0.15, -0.1) is 0 Å². The number of aromatic nitrogens is 2. The van der Waals surface area contributed by atoms with Crippen LogP contribution in [0.3, 0.4) is 0 Å². The first kappa shape index (κ1) is 13.7. The molecule has 1 aromatic heterocycles. The molecule has 0 bridgehead atoms. The van der Waals surface area contributed by atoms with Crippen LogP contribution in [0.15, 0.2) is 6.33 Å². The van der Waals surface area contributed by atoms with Crippen LogP contribution in [0.4, 0.5) is 5.82 Å². The van der Waals surface area contributed by atoms with Crippen LogP contribution in [0, 0.1) is 0 Å². The predicted molar refractivity (Wildman–Crippen MR) is 76.0 cm³/mol.